The van der Waals surface area contributed by atoms with Gasteiger partial charge in [0.15, 0.2) is 4.80 Å². The highest BCUT2D eigenvalue weighted by Crippen LogP contribution is 2.38. The number of nitrogens with zero attached hydrogens (tertiary/aromatic N) is 3. The molecule has 6 rings (SSSR count). The lowest BCUT2D eigenvalue weighted by Crippen LogP contribution is -2.41. The van der Waals surface area contributed by atoms with Gasteiger partial charge in [0.2, 0.25) is 0 Å². The maximum atomic E-state index is 14.5. The predicted molar refractivity (Wildman–Crippen MR) is 171 cm³/mol. The number of anilines is 1. The zero-order valence-corrected chi connectivity index (χ0v) is 26.1. The molecule has 1 aromatic heterocycles. The van der Waals surface area contributed by atoms with Crippen molar-refractivity contribution in [3.8, 4) is 5.75 Å². The Balaban J connectivity index is 1.61. The third-order valence-electron chi connectivity index (χ3n) is 7.71. The fraction of sp³-hybridized carbons (Fsp3) is 0.235. The van der Waals surface area contributed by atoms with Crippen molar-refractivity contribution in [3.63, 3.8) is 0 Å². The lowest BCUT2D eigenvalue weighted by molar-refractivity contribution is -0.139. The van der Waals surface area contributed by atoms with Crippen molar-refractivity contribution in [2.75, 3.05) is 18.6 Å². The Hall–Kier alpha value is -4.47. The Morgan fingerprint density at radius 3 is 2.45 bits per heavy atom. The molecule has 0 aliphatic carbocycles. The zero-order chi connectivity index (χ0) is 31.0. The number of halogens is 1. The van der Waals surface area contributed by atoms with Crippen molar-refractivity contribution in [1.29, 1.82) is 0 Å². The van der Waals surface area contributed by atoms with E-state index in [1.807, 2.05) is 61.5 Å². The highest BCUT2D eigenvalue weighted by Gasteiger charge is 2.38. The number of methoxy groups -OCH3 is 1. The molecule has 8 nitrogen and oxygen atoms in total. The molecule has 4 aromatic rings. The van der Waals surface area contributed by atoms with Gasteiger partial charge in [-0.2, -0.15) is 0 Å². The van der Waals surface area contributed by atoms with Gasteiger partial charge in [0.1, 0.15) is 16.3 Å². The van der Waals surface area contributed by atoms with Crippen molar-refractivity contribution < 1.29 is 19.1 Å². The van der Waals surface area contributed by atoms with Crippen molar-refractivity contribution in [2.24, 2.45) is 4.99 Å². The zero-order valence-electron chi connectivity index (χ0n) is 24.5. The minimum absolute atomic E-state index is 0.170. The van der Waals surface area contributed by atoms with Crippen molar-refractivity contribution in [1.82, 2.24) is 4.57 Å². The Kier molecular flexibility index (Phi) is 8.25. The summed E-state index contributed by atoms with van der Waals surface area (Å²) in [6.45, 7) is 4.23. The van der Waals surface area contributed by atoms with E-state index in [9.17, 15) is 14.4 Å². The first kappa shape index (κ1) is 29.6. The van der Waals surface area contributed by atoms with Crippen LogP contribution in [-0.2, 0) is 20.9 Å². The van der Waals surface area contributed by atoms with Crippen LogP contribution in [0.25, 0.3) is 5.57 Å². The summed E-state index contributed by atoms with van der Waals surface area (Å²) in [7, 11) is 1.55. The van der Waals surface area contributed by atoms with Crippen LogP contribution in [0.1, 0.15) is 49.4 Å². The molecule has 2 aliphatic heterocycles. The van der Waals surface area contributed by atoms with Crippen molar-refractivity contribution >= 4 is 46.1 Å². The number of hydrogen-bond donors (Lipinski definition) is 0. The number of benzene rings is 3. The molecule has 0 N–H and O–H groups in total. The van der Waals surface area contributed by atoms with Crippen LogP contribution in [0.15, 0.2) is 93.9 Å². The molecule has 0 unspecified atom stereocenters. The molecule has 3 heterocycles. The number of rotatable bonds is 8. The first-order valence-electron chi connectivity index (χ1n) is 14.4. The molecule has 0 spiro atoms. The van der Waals surface area contributed by atoms with Crippen LogP contribution in [0.5, 0.6) is 5.75 Å². The molecule has 1 atom stereocenters. The average molecular weight is 628 g/mol. The molecular weight excluding hydrogens is 598 g/mol. The molecule has 1 amide bonds. The van der Waals surface area contributed by atoms with Crippen LogP contribution in [0.2, 0.25) is 5.02 Å². The van der Waals surface area contributed by atoms with E-state index in [-0.39, 0.29) is 17.0 Å². The molecule has 3 aromatic carbocycles. The molecule has 0 radical (unpaired) electrons. The SMILES string of the molecule is CCCC1=C(C(=O)OCC)[C@@H](c2ccccc2OC)n2c(s/c(=C3/C(=O)N(Cc4ccc(Cl)cc4)c4ccccc43)c2=O)=N1. The van der Waals surface area contributed by atoms with E-state index >= 15 is 0 Å². The number of para-hydroxylation sites is 2. The topological polar surface area (TPSA) is 90.2 Å². The third kappa shape index (κ3) is 5.06. The van der Waals surface area contributed by atoms with Crippen LogP contribution in [0.3, 0.4) is 0 Å². The second-order valence-electron chi connectivity index (χ2n) is 10.4. The fourth-order valence-corrected chi connectivity index (χ4v) is 7.02. The van der Waals surface area contributed by atoms with Crippen LogP contribution < -0.4 is 24.5 Å². The van der Waals surface area contributed by atoms with E-state index in [2.05, 4.69) is 0 Å². The van der Waals surface area contributed by atoms with Crippen molar-refractivity contribution in [2.45, 2.75) is 39.3 Å². The predicted octanol–water partition coefficient (Wildman–Crippen LogP) is 5.16. The first-order valence-corrected chi connectivity index (χ1v) is 15.6. The molecule has 0 saturated carbocycles. The van der Waals surface area contributed by atoms with Gasteiger partial charge in [0.05, 0.1) is 42.8 Å². The molecule has 2 aliphatic rings. The van der Waals surface area contributed by atoms with Crippen LogP contribution in [0.4, 0.5) is 5.69 Å². The van der Waals surface area contributed by atoms with E-state index in [4.69, 9.17) is 26.1 Å². The normalized spacial score (nSPS) is 16.9. The summed E-state index contributed by atoms with van der Waals surface area (Å²) in [6.07, 6.45) is 1.24. The summed E-state index contributed by atoms with van der Waals surface area (Å²) in [4.78, 5) is 49.2. The largest absolute Gasteiger partial charge is 0.496 e. The Morgan fingerprint density at radius 1 is 1.00 bits per heavy atom. The lowest BCUT2D eigenvalue weighted by atomic mass is 9.93. The van der Waals surface area contributed by atoms with Crippen molar-refractivity contribution in [3.05, 3.63) is 125 Å². The van der Waals surface area contributed by atoms with Gasteiger partial charge in [0.25, 0.3) is 11.5 Å². The minimum atomic E-state index is -0.853. The smallest absolute Gasteiger partial charge is 0.338 e. The second-order valence-corrected chi connectivity index (χ2v) is 11.8. The Labute approximate surface area is 263 Å². The van der Waals surface area contributed by atoms with E-state index in [0.717, 1.165) is 23.3 Å². The number of carbonyl (C=O) groups is 2. The number of hydrogen-bond acceptors (Lipinski definition) is 7. The summed E-state index contributed by atoms with van der Waals surface area (Å²) in [5.74, 6) is -0.296. The van der Waals surface area contributed by atoms with Gasteiger partial charge in [0, 0.05) is 16.1 Å². The quantitative estimate of drug-likeness (QED) is 0.252. The van der Waals surface area contributed by atoms with Gasteiger partial charge in [-0.15, -0.1) is 0 Å². The molecule has 0 saturated heterocycles. The molecule has 0 bridgehead atoms. The van der Waals surface area contributed by atoms with E-state index in [1.165, 1.54) is 4.57 Å². The van der Waals surface area contributed by atoms with Gasteiger partial charge < -0.3 is 14.4 Å². The molecule has 224 valence electrons. The van der Waals surface area contributed by atoms with Gasteiger partial charge in [-0.05, 0) is 43.2 Å². The van der Waals surface area contributed by atoms with E-state index in [0.29, 0.717) is 62.2 Å². The number of fused-ring (bicyclic) bond motifs is 2. The summed E-state index contributed by atoms with van der Waals surface area (Å²) >= 11 is 7.25. The van der Waals surface area contributed by atoms with Gasteiger partial charge in [-0.25, -0.2) is 9.79 Å². The van der Waals surface area contributed by atoms with Gasteiger partial charge in [-0.1, -0.05) is 84.8 Å². The maximum absolute atomic E-state index is 14.5. The van der Waals surface area contributed by atoms with Crippen LogP contribution in [0, 0.1) is 0 Å². The summed E-state index contributed by atoms with van der Waals surface area (Å²) < 4.78 is 13.0. The number of thiazole rings is 1. The number of amides is 1. The highest BCUT2D eigenvalue weighted by atomic mass is 35.5. The minimum Gasteiger partial charge on any atom is -0.496 e. The number of allylic oxidation sites excluding steroid dienone is 1. The number of carbonyl (C=O) groups excluding carboxylic acids is 2. The molecule has 0 fully saturated rings. The summed E-state index contributed by atoms with van der Waals surface area (Å²) in [5.41, 5.74) is 3.68. The van der Waals surface area contributed by atoms with Gasteiger partial charge in [-0.3, -0.25) is 14.2 Å². The van der Waals surface area contributed by atoms with E-state index < -0.39 is 17.6 Å². The number of esters is 1. The van der Waals surface area contributed by atoms with Gasteiger partial charge >= 0.3 is 5.97 Å². The highest BCUT2D eigenvalue weighted by molar-refractivity contribution is 7.07. The summed E-state index contributed by atoms with van der Waals surface area (Å²) in [5, 5.41) is 0.609. The van der Waals surface area contributed by atoms with E-state index in [1.54, 1.807) is 37.1 Å². The van der Waals surface area contributed by atoms with Crippen LogP contribution in [-0.4, -0.2) is 30.2 Å². The molecular formula is C34H30ClN3O5S. The lowest BCUT2D eigenvalue weighted by Gasteiger charge is -2.26. The fourth-order valence-electron chi connectivity index (χ4n) is 5.79. The standard InChI is InChI=1S/C34H30ClN3O5S/c1-4-10-24-28(33(41)43-5-2)29(23-12-7-9-14-26(23)42-3)38-32(40)30(44-34(38)36-24)27-22-11-6-8-13-25(22)37(31(27)39)19-20-15-17-21(35)18-16-20/h6-9,11-18,29H,4-5,10,19H2,1-3H3/b30-27+/t29-/m1/s1. The maximum Gasteiger partial charge on any atom is 0.338 e. The average Bonchev–Trinajstić information content (AvgIpc) is 3.49. The Bertz CT molecular complexity index is 1990. The number of ether oxygens (including phenoxy) is 2. The summed E-state index contributed by atoms with van der Waals surface area (Å²) in [6, 6.07) is 21.2. The second kappa shape index (κ2) is 12.3. The monoisotopic (exact) mass is 627 g/mol. The first-order chi connectivity index (χ1) is 21.4. The Morgan fingerprint density at radius 2 is 1.73 bits per heavy atom. The molecule has 44 heavy (non-hydrogen) atoms. The molecule has 10 heteroatoms. The van der Waals surface area contributed by atoms with Crippen LogP contribution >= 0.6 is 22.9 Å². The number of aromatic nitrogens is 1. The third-order valence-corrected chi connectivity index (χ3v) is 9.01.